The fourth-order valence-corrected chi connectivity index (χ4v) is 16.6. The number of ether oxygens (including phenoxy) is 2. The van der Waals surface area contributed by atoms with E-state index in [4.69, 9.17) is 9.47 Å². The maximum atomic E-state index is 5.97. The molecule has 0 aromatic carbocycles. The van der Waals surface area contributed by atoms with Crippen molar-refractivity contribution in [2.24, 2.45) is 0 Å². The van der Waals surface area contributed by atoms with Crippen molar-refractivity contribution in [2.45, 2.75) is 155 Å². The minimum Gasteiger partial charge on any atom is -0.373 e. The van der Waals surface area contributed by atoms with Crippen LogP contribution in [0.3, 0.4) is 0 Å². The summed E-state index contributed by atoms with van der Waals surface area (Å²) in [7, 11) is -0.350. The van der Waals surface area contributed by atoms with Gasteiger partial charge in [-0.1, -0.05) is 101 Å². The Hall–Kier alpha value is -1.01. The molecule has 0 aromatic rings. The third-order valence-electron chi connectivity index (χ3n) is 9.01. The molecule has 0 bridgehead atoms. The van der Waals surface area contributed by atoms with Crippen LogP contribution >= 0.6 is 0 Å². The van der Waals surface area contributed by atoms with Crippen LogP contribution in [0.4, 0.5) is 0 Å². The Balaban J connectivity index is 7.84. The lowest BCUT2D eigenvalue weighted by molar-refractivity contribution is 0.0557. The Kier molecular flexibility index (Phi) is 13.5. The first-order valence-corrected chi connectivity index (χ1v) is 18.8. The van der Waals surface area contributed by atoms with Gasteiger partial charge in [0.25, 0.3) is 0 Å². The summed E-state index contributed by atoms with van der Waals surface area (Å²) in [6.07, 6.45) is 0. The van der Waals surface area contributed by atoms with Crippen molar-refractivity contribution >= 4 is 16.1 Å². The molecule has 0 radical (unpaired) electrons. The highest BCUT2D eigenvalue weighted by molar-refractivity contribution is 6.91. The zero-order chi connectivity index (χ0) is 29.6. The lowest BCUT2D eigenvalue weighted by atomic mass is 9.94. The quantitative estimate of drug-likeness (QED) is 0.155. The molecule has 37 heavy (non-hydrogen) atoms. The summed E-state index contributed by atoms with van der Waals surface area (Å²) >= 11 is 0. The summed E-state index contributed by atoms with van der Waals surface area (Å²) in [5, 5.41) is 0. The van der Waals surface area contributed by atoms with Crippen molar-refractivity contribution in [1.82, 2.24) is 0 Å². The molecule has 0 aromatic heterocycles. The molecule has 0 amide bonds. The zero-order valence-electron chi connectivity index (χ0n) is 27.8. The normalized spacial score (nSPS) is 13.2. The van der Waals surface area contributed by atoms with Gasteiger partial charge in [0.2, 0.25) is 0 Å². The molecule has 4 heteroatoms. The average Bonchev–Trinajstić information content (AvgIpc) is 2.75. The van der Waals surface area contributed by atoms with Crippen LogP contribution in [0.2, 0.25) is 33.2 Å². The second kappa shape index (κ2) is 13.9. The first-order valence-electron chi connectivity index (χ1n) is 14.4. The van der Waals surface area contributed by atoms with Crippen molar-refractivity contribution < 1.29 is 9.47 Å². The van der Waals surface area contributed by atoms with Crippen LogP contribution in [-0.2, 0) is 9.47 Å². The molecular weight excluding hydrogens is 485 g/mol. The van der Waals surface area contributed by atoms with Gasteiger partial charge < -0.3 is 9.47 Å². The van der Waals surface area contributed by atoms with Gasteiger partial charge in [-0.2, -0.15) is 0 Å². The first kappa shape index (κ1) is 36.0. The van der Waals surface area contributed by atoms with Crippen molar-refractivity contribution in [3.05, 3.63) is 16.9 Å². The number of rotatable bonds is 10. The Bertz CT molecular complexity index is 817. The third kappa shape index (κ3) is 8.00. The number of hydrogen-bond donors (Lipinski definition) is 0. The summed E-state index contributed by atoms with van der Waals surface area (Å²) in [5.74, 6) is 7.29. The fraction of sp³-hybridized carbons (Fsp3) is 0.788. The highest BCUT2D eigenvalue weighted by Crippen LogP contribution is 2.42. The lowest BCUT2D eigenvalue weighted by Gasteiger charge is -2.38. The molecule has 0 heterocycles. The van der Waals surface area contributed by atoms with E-state index in [1.165, 1.54) is 0 Å². The average molecular weight is 545 g/mol. The van der Waals surface area contributed by atoms with Crippen molar-refractivity contribution in [3.63, 3.8) is 0 Å². The highest BCUT2D eigenvalue weighted by atomic mass is 28.3. The highest BCUT2D eigenvalue weighted by Gasteiger charge is 2.43. The summed E-state index contributed by atoms with van der Waals surface area (Å²) < 4.78 is 11.9. The van der Waals surface area contributed by atoms with Crippen LogP contribution in [0.25, 0.3) is 0 Å². The Morgan fingerprint density at radius 1 is 0.486 bits per heavy atom. The zero-order valence-corrected chi connectivity index (χ0v) is 29.8. The van der Waals surface area contributed by atoms with Crippen LogP contribution in [0.15, 0.2) is 16.9 Å². The second-order valence-electron chi connectivity index (χ2n) is 13.6. The summed E-state index contributed by atoms with van der Waals surface area (Å²) in [6, 6.07) is 0. The summed E-state index contributed by atoms with van der Waals surface area (Å²) in [6.45, 7) is 36.5. The van der Waals surface area contributed by atoms with Gasteiger partial charge in [0.15, 0.2) is 0 Å². The SMILES string of the molecule is COC(C)(C)C(=C=C(C#C[Si](C(C)C)(C(C)C)C(C)C)C(C)(C)OC)C#C[Si](C(C)C)(C(C)C)C(C)C. The van der Waals surface area contributed by atoms with Crippen LogP contribution in [-0.4, -0.2) is 41.6 Å². The van der Waals surface area contributed by atoms with Crippen LogP contribution in [0.5, 0.6) is 0 Å². The van der Waals surface area contributed by atoms with E-state index in [1.807, 2.05) is 0 Å². The number of hydrogen-bond acceptors (Lipinski definition) is 2. The molecule has 0 saturated carbocycles. The molecule has 212 valence electrons. The monoisotopic (exact) mass is 544 g/mol. The largest absolute Gasteiger partial charge is 0.373 e. The van der Waals surface area contributed by atoms with E-state index >= 15 is 0 Å². The summed E-state index contributed by atoms with van der Waals surface area (Å²) in [4.78, 5) is 0. The van der Waals surface area contributed by atoms with Crippen molar-refractivity contribution in [1.29, 1.82) is 0 Å². The molecule has 0 spiro atoms. The molecule has 0 N–H and O–H groups in total. The molecule has 0 unspecified atom stereocenters. The summed E-state index contributed by atoms with van der Waals surface area (Å²) in [5.41, 5.74) is 15.3. The van der Waals surface area contributed by atoms with Gasteiger partial charge in [0.1, 0.15) is 27.3 Å². The number of methoxy groups -OCH3 is 2. The predicted molar refractivity (Wildman–Crippen MR) is 170 cm³/mol. The maximum Gasteiger partial charge on any atom is 0.146 e. The Morgan fingerprint density at radius 3 is 0.865 bits per heavy atom. The molecular formula is C33H60O2Si2. The van der Waals surface area contributed by atoms with E-state index in [0.29, 0.717) is 33.2 Å². The van der Waals surface area contributed by atoms with Gasteiger partial charge in [0.05, 0.1) is 11.1 Å². The van der Waals surface area contributed by atoms with Gasteiger partial charge in [0, 0.05) is 14.2 Å². The van der Waals surface area contributed by atoms with Gasteiger partial charge in [-0.15, -0.1) is 11.1 Å². The van der Waals surface area contributed by atoms with Gasteiger partial charge in [-0.05, 0) is 60.9 Å². The van der Waals surface area contributed by atoms with E-state index in [-0.39, 0.29) is 0 Å². The van der Waals surface area contributed by atoms with E-state index in [2.05, 4.69) is 139 Å². The molecule has 0 aliphatic heterocycles. The molecule has 0 aliphatic carbocycles. The Labute approximate surface area is 234 Å². The van der Waals surface area contributed by atoms with Gasteiger partial charge in [-0.25, -0.2) is 0 Å². The van der Waals surface area contributed by atoms with Gasteiger partial charge >= 0.3 is 0 Å². The van der Waals surface area contributed by atoms with Crippen molar-refractivity contribution in [2.75, 3.05) is 14.2 Å². The fourth-order valence-electron chi connectivity index (χ4n) is 6.20. The Morgan fingerprint density at radius 2 is 0.703 bits per heavy atom. The van der Waals surface area contributed by atoms with E-state index in [0.717, 1.165) is 11.1 Å². The maximum absolute atomic E-state index is 5.97. The molecule has 0 rings (SSSR count). The van der Waals surface area contributed by atoms with Crippen LogP contribution in [0, 0.1) is 22.9 Å². The standard InChI is InChI=1S/C33H60O2Si2/c1-24(2)36(25(3)4,26(5)6)21-19-30(32(13,14)34-17)23-31(33(15,16)35-18)20-22-37(27(7)8,28(9)10)29(11)12/h24-29H,1-18H3. The topological polar surface area (TPSA) is 18.5 Å². The predicted octanol–water partition coefficient (Wildman–Crippen LogP) is 9.73. The minimum absolute atomic E-state index is 0.556. The molecule has 2 nitrogen and oxygen atoms in total. The van der Waals surface area contributed by atoms with E-state index in [9.17, 15) is 0 Å². The molecule has 0 aliphatic rings. The van der Waals surface area contributed by atoms with Gasteiger partial charge in [-0.3, -0.25) is 0 Å². The third-order valence-corrected chi connectivity index (χ3v) is 21.6. The molecule has 0 fully saturated rings. The molecule has 0 atom stereocenters. The lowest BCUT2D eigenvalue weighted by Crippen LogP contribution is -2.43. The van der Waals surface area contributed by atoms with Crippen LogP contribution in [0.1, 0.15) is 111 Å². The first-order chi connectivity index (χ1) is 16.7. The van der Waals surface area contributed by atoms with E-state index in [1.54, 1.807) is 14.2 Å². The van der Waals surface area contributed by atoms with Crippen molar-refractivity contribution in [3.8, 4) is 22.9 Å². The molecule has 0 saturated heterocycles. The smallest absolute Gasteiger partial charge is 0.146 e. The minimum atomic E-state index is -1.93. The van der Waals surface area contributed by atoms with Crippen LogP contribution < -0.4 is 0 Å². The van der Waals surface area contributed by atoms with E-state index < -0.39 is 27.3 Å². The second-order valence-corrected chi connectivity index (χ2v) is 24.8.